The fourth-order valence-electron chi connectivity index (χ4n) is 4.91. The van der Waals surface area contributed by atoms with Crippen LogP contribution in [0.1, 0.15) is 21.7 Å². The van der Waals surface area contributed by atoms with Crippen molar-refractivity contribution in [1.29, 1.82) is 0 Å². The Morgan fingerprint density at radius 2 is 1.88 bits per heavy atom. The van der Waals surface area contributed by atoms with Gasteiger partial charge in [0, 0.05) is 51.4 Å². The summed E-state index contributed by atoms with van der Waals surface area (Å²) in [6, 6.07) is 3.43. The largest absolute Gasteiger partial charge is 0.493 e. The van der Waals surface area contributed by atoms with Crippen LogP contribution in [0.2, 0.25) is 5.02 Å². The number of ether oxygens (including phenoxy) is 2. The molecule has 1 aromatic carbocycles. The molecule has 5 rings (SSSR count). The molecular weight excluding hydrogens is 541 g/mol. The van der Waals surface area contributed by atoms with Gasteiger partial charge in [-0.15, -0.1) is 5.10 Å². The number of piperazine rings is 1. The number of pyridine rings is 1. The number of amides is 1. The lowest BCUT2D eigenvalue weighted by molar-refractivity contribution is 0.0336. The summed E-state index contributed by atoms with van der Waals surface area (Å²) >= 11 is 6.46. The Hall–Kier alpha value is -3.52. The van der Waals surface area contributed by atoms with Crippen LogP contribution in [-0.2, 0) is 11.3 Å². The van der Waals surface area contributed by atoms with Gasteiger partial charge in [-0.1, -0.05) is 16.8 Å². The summed E-state index contributed by atoms with van der Waals surface area (Å²) in [5.41, 5.74) is 7.74. The molecule has 3 N–H and O–H groups in total. The summed E-state index contributed by atoms with van der Waals surface area (Å²) in [7, 11) is 3.48. The first-order valence-corrected chi connectivity index (χ1v) is 13.4. The summed E-state index contributed by atoms with van der Waals surface area (Å²) < 4.78 is 28.3. The third-order valence-electron chi connectivity index (χ3n) is 7.22. The van der Waals surface area contributed by atoms with Crippen LogP contribution in [0.25, 0.3) is 5.69 Å². The number of morpholine rings is 1. The van der Waals surface area contributed by atoms with Crippen molar-refractivity contribution in [2.75, 3.05) is 82.6 Å². The molecule has 2 aliphatic rings. The molecule has 0 aliphatic carbocycles. The number of hydrogen-bond donors (Lipinski definition) is 2. The van der Waals surface area contributed by atoms with E-state index in [9.17, 15) is 4.79 Å². The minimum absolute atomic E-state index is 0.00203. The predicted octanol–water partition coefficient (Wildman–Crippen LogP) is 2.19. The summed E-state index contributed by atoms with van der Waals surface area (Å²) in [6.07, 6.45) is 1.70. The van der Waals surface area contributed by atoms with Crippen LogP contribution in [0.4, 0.5) is 21.6 Å². The second-order valence-corrected chi connectivity index (χ2v) is 10.3. The standard InChI is InChI=1S/C26H33ClFN9O3/c1-16-20(27)23(30-25(29)24(16)39-3)26(38)31-22-19(36-8-6-34(2)7-9-36)5-4-18(21(22)28)37-15-17(32-33-37)14-35-10-12-40-13-11-35/h4-5,15H,6-14H2,1-3H3,(H2,29,30)(H,31,38). The third-order valence-corrected chi connectivity index (χ3v) is 7.68. The number of likely N-dealkylation sites (N-methyl/N-ethyl adjacent to an activating group) is 1. The van der Waals surface area contributed by atoms with E-state index in [1.807, 2.05) is 11.9 Å². The number of halogens is 2. The maximum atomic E-state index is 16.3. The van der Waals surface area contributed by atoms with E-state index < -0.39 is 11.7 Å². The molecule has 14 heteroatoms. The highest BCUT2D eigenvalue weighted by molar-refractivity contribution is 6.35. The maximum absolute atomic E-state index is 16.3. The molecule has 2 fully saturated rings. The predicted molar refractivity (Wildman–Crippen MR) is 150 cm³/mol. The highest BCUT2D eigenvalue weighted by Gasteiger charge is 2.27. The Balaban J connectivity index is 1.49. The van der Waals surface area contributed by atoms with Gasteiger partial charge in [-0.2, -0.15) is 0 Å². The number of rotatable bonds is 7. The average Bonchev–Trinajstić information content (AvgIpc) is 3.41. The first kappa shape index (κ1) is 28.0. The molecule has 0 saturated carbocycles. The Morgan fingerprint density at radius 3 is 2.58 bits per heavy atom. The van der Waals surface area contributed by atoms with E-state index in [2.05, 4.69) is 30.4 Å². The summed E-state index contributed by atoms with van der Waals surface area (Å²) in [4.78, 5) is 24.0. The van der Waals surface area contributed by atoms with Gasteiger partial charge in [0.05, 0.1) is 42.9 Å². The maximum Gasteiger partial charge on any atom is 0.276 e. The van der Waals surface area contributed by atoms with Crippen LogP contribution < -0.4 is 20.7 Å². The molecule has 0 spiro atoms. The van der Waals surface area contributed by atoms with Crippen LogP contribution in [-0.4, -0.2) is 102 Å². The lowest BCUT2D eigenvalue weighted by Crippen LogP contribution is -2.44. The molecule has 40 heavy (non-hydrogen) atoms. The van der Waals surface area contributed by atoms with Gasteiger partial charge in [-0.25, -0.2) is 14.1 Å². The first-order chi connectivity index (χ1) is 19.3. The highest BCUT2D eigenvalue weighted by atomic mass is 35.5. The minimum Gasteiger partial charge on any atom is -0.493 e. The van der Waals surface area contributed by atoms with Crippen LogP contribution >= 0.6 is 11.6 Å². The van der Waals surface area contributed by atoms with Gasteiger partial charge in [-0.3, -0.25) is 9.69 Å². The molecule has 3 aromatic rings. The molecule has 0 bridgehead atoms. The Kier molecular flexibility index (Phi) is 8.35. The van der Waals surface area contributed by atoms with Crippen molar-refractivity contribution in [3.63, 3.8) is 0 Å². The van der Waals surface area contributed by atoms with Gasteiger partial charge < -0.3 is 30.3 Å². The van der Waals surface area contributed by atoms with E-state index in [0.29, 0.717) is 49.8 Å². The first-order valence-electron chi connectivity index (χ1n) is 13.1. The summed E-state index contributed by atoms with van der Waals surface area (Å²) in [5.74, 6) is -1.05. The molecule has 12 nitrogen and oxygen atoms in total. The number of carbonyl (C=O) groups excluding carboxylic acids is 1. The molecule has 0 radical (unpaired) electrons. The monoisotopic (exact) mass is 573 g/mol. The fourth-order valence-corrected chi connectivity index (χ4v) is 5.12. The normalized spacial score (nSPS) is 16.8. The van der Waals surface area contributed by atoms with Gasteiger partial charge in [0.2, 0.25) is 0 Å². The number of aromatic nitrogens is 4. The van der Waals surface area contributed by atoms with Crippen molar-refractivity contribution >= 4 is 34.7 Å². The Morgan fingerprint density at radius 1 is 1.18 bits per heavy atom. The second-order valence-electron chi connectivity index (χ2n) is 9.90. The number of benzene rings is 1. The lowest BCUT2D eigenvalue weighted by atomic mass is 10.1. The molecule has 2 aromatic heterocycles. The quantitative estimate of drug-likeness (QED) is 0.434. The molecule has 2 aliphatic heterocycles. The molecule has 1 amide bonds. The number of hydrogen-bond acceptors (Lipinski definition) is 10. The Bertz CT molecular complexity index is 1390. The second kappa shape index (κ2) is 11.9. The number of carbonyl (C=O) groups is 1. The van der Waals surface area contributed by atoms with Crippen LogP contribution in [0.3, 0.4) is 0 Å². The SMILES string of the molecule is COc1c(N)nc(C(=O)Nc2c(N3CCN(C)CC3)ccc(-n3cc(CN4CCOCC4)nn3)c2F)c(Cl)c1C. The van der Waals surface area contributed by atoms with Crippen molar-refractivity contribution in [2.45, 2.75) is 13.5 Å². The molecule has 0 unspecified atom stereocenters. The number of anilines is 3. The third kappa shape index (κ3) is 5.68. The van der Waals surface area contributed by atoms with E-state index in [4.69, 9.17) is 26.8 Å². The number of nitrogen functional groups attached to an aromatic ring is 1. The molecule has 4 heterocycles. The number of methoxy groups -OCH3 is 1. The van der Waals surface area contributed by atoms with E-state index >= 15 is 4.39 Å². The van der Waals surface area contributed by atoms with E-state index in [0.717, 1.165) is 26.2 Å². The van der Waals surface area contributed by atoms with E-state index in [1.54, 1.807) is 25.3 Å². The van der Waals surface area contributed by atoms with Gasteiger partial charge in [0.25, 0.3) is 5.91 Å². The van der Waals surface area contributed by atoms with Gasteiger partial charge in [0.1, 0.15) is 17.1 Å². The van der Waals surface area contributed by atoms with Crippen LogP contribution in [0.5, 0.6) is 5.75 Å². The molecule has 2 saturated heterocycles. The average molecular weight is 574 g/mol. The zero-order valence-corrected chi connectivity index (χ0v) is 23.5. The topological polar surface area (TPSA) is 127 Å². The molecule has 0 atom stereocenters. The van der Waals surface area contributed by atoms with Crippen molar-refractivity contribution in [3.05, 3.63) is 46.1 Å². The van der Waals surface area contributed by atoms with E-state index in [1.165, 1.54) is 11.8 Å². The van der Waals surface area contributed by atoms with E-state index in [-0.39, 0.29) is 33.7 Å². The minimum atomic E-state index is -0.694. The Labute approximate surface area is 236 Å². The molecule has 214 valence electrons. The molecular formula is C26H33ClFN9O3. The van der Waals surface area contributed by atoms with Crippen LogP contribution in [0.15, 0.2) is 18.3 Å². The van der Waals surface area contributed by atoms with Crippen molar-refractivity contribution in [3.8, 4) is 11.4 Å². The number of nitrogens with two attached hydrogens (primary N) is 1. The fraction of sp³-hybridized carbons (Fsp3) is 0.462. The smallest absolute Gasteiger partial charge is 0.276 e. The summed E-state index contributed by atoms with van der Waals surface area (Å²) in [6.45, 7) is 8.10. The zero-order valence-electron chi connectivity index (χ0n) is 22.8. The van der Waals surface area contributed by atoms with Gasteiger partial charge >= 0.3 is 0 Å². The lowest BCUT2D eigenvalue weighted by Gasteiger charge is -2.35. The van der Waals surface area contributed by atoms with Crippen molar-refractivity contribution < 1.29 is 18.7 Å². The number of nitrogens with one attached hydrogen (secondary N) is 1. The highest BCUT2D eigenvalue weighted by Crippen LogP contribution is 2.36. The van der Waals surface area contributed by atoms with Gasteiger partial charge in [0.15, 0.2) is 17.4 Å². The number of nitrogens with zero attached hydrogens (tertiary/aromatic N) is 7. The zero-order chi connectivity index (χ0) is 28.4. The van der Waals surface area contributed by atoms with Gasteiger partial charge in [-0.05, 0) is 26.1 Å². The van der Waals surface area contributed by atoms with Crippen LogP contribution in [0, 0.1) is 12.7 Å². The summed E-state index contributed by atoms with van der Waals surface area (Å²) in [5, 5.41) is 11.2. The van der Waals surface area contributed by atoms with Crippen molar-refractivity contribution in [2.24, 2.45) is 0 Å². The van der Waals surface area contributed by atoms with Crippen molar-refractivity contribution in [1.82, 2.24) is 29.8 Å².